The van der Waals surface area contributed by atoms with E-state index in [1.54, 1.807) is 0 Å². The number of fused-ring (bicyclic) bond motifs is 1. The smallest absolute Gasteiger partial charge is 0.239 e. The minimum absolute atomic E-state index is 0.0464. The van der Waals surface area contributed by atoms with Gasteiger partial charge in [-0.3, -0.25) is 4.79 Å². The Morgan fingerprint density at radius 2 is 1.05 bits per heavy atom. The minimum Gasteiger partial charge on any atom is -0.508 e. The molecule has 304 valence electrons. The molecule has 0 unspecified atom stereocenters. The van der Waals surface area contributed by atoms with Gasteiger partial charge in [0.25, 0.3) is 0 Å². The number of phenols is 3. The van der Waals surface area contributed by atoms with Gasteiger partial charge in [-0.1, -0.05) is 0 Å². The lowest BCUT2D eigenvalue weighted by molar-refractivity contribution is -0.358. The third kappa shape index (κ3) is 7.51. The minimum atomic E-state index is -2.06. The van der Waals surface area contributed by atoms with Gasteiger partial charge in [0, 0.05) is 11.6 Å². The third-order valence-electron chi connectivity index (χ3n) is 9.45. The predicted octanol–water partition coefficient (Wildman–Crippen LogP) is -5.24. The van der Waals surface area contributed by atoms with Crippen molar-refractivity contribution >= 4 is 11.0 Å². The number of hydrogen-bond donors (Lipinski definition) is 14. The number of aliphatic hydroxyl groups is 11. The first kappa shape index (κ1) is 40.7. The van der Waals surface area contributed by atoms with Crippen molar-refractivity contribution in [2.45, 2.75) is 92.1 Å². The van der Waals surface area contributed by atoms with Gasteiger partial charge in [-0.25, -0.2) is 0 Å². The molecule has 0 radical (unpaired) electrons. The molecule has 3 fully saturated rings. The Balaban J connectivity index is 1.47. The predicted molar refractivity (Wildman–Crippen MR) is 174 cm³/mol. The Morgan fingerprint density at radius 3 is 1.62 bits per heavy atom. The molecule has 15 atom stereocenters. The van der Waals surface area contributed by atoms with Crippen LogP contribution in [0.25, 0.3) is 22.3 Å². The second-order valence-corrected chi connectivity index (χ2v) is 13.0. The molecule has 0 aliphatic carbocycles. The quantitative estimate of drug-likeness (QED) is 0.0912. The van der Waals surface area contributed by atoms with Crippen LogP contribution in [0, 0.1) is 0 Å². The zero-order chi connectivity index (χ0) is 40.0. The topological polar surface area (TPSA) is 369 Å². The Kier molecular flexibility index (Phi) is 12.0. The van der Waals surface area contributed by atoms with Crippen molar-refractivity contribution in [2.24, 2.45) is 0 Å². The van der Waals surface area contributed by atoms with Crippen LogP contribution >= 0.6 is 0 Å². The van der Waals surface area contributed by atoms with E-state index < -0.39 is 157 Å². The highest BCUT2D eigenvalue weighted by molar-refractivity contribution is 5.93. The number of rotatable bonds is 10. The number of benzene rings is 2. The van der Waals surface area contributed by atoms with Crippen LogP contribution in [0.3, 0.4) is 0 Å². The lowest BCUT2D eigenvalue weighted by atomic mass is 9.97. The fraction of sp³-hybridized carbons (Fsp3) is 0.545. The van der Waals surface area contributed by atoms with Crippen molar-refractivity contribution in [1.29, 1.82) is 0 Å². The van der Waals surface area contributed by atoms with E-state index in [4.69, 9.17) is 32.8 Å². The van der Waals surface area contributed by atoms with E-state index in [2.05, 4.69) is 0 Å². The third-order valence-corrected chi connectivity index (χ3v) is 9.45. The summed E-state index contributed by atoms with van der Waals surface area (Å²) < 4.78 is 39.6. The number of aliphatic hydroxyl groups excluding tert-OH is 11. The second kappa shape index (κ2) is 16.3. The molecule has 1 aromatic heterocycles. The average molecular weight is 789 g/mol. The van der Waals surface area contributed by atoms with Crippen molar-refractivity contribution in [3.63, 3.8) is 0 Å². The molecule has 2 aromatic carbocycles. The van der Waals surface area contributed by atoms with Gasteiger partial charge in [-0.2, -0.15) is 0 Å². The van der Waals surface area contributed by atoms with Gasteiger partial charge < -0.3 is 104 Å². The average Bonchev–Trinajstić information content (AvgIpc) is 3.16. The van der Waals surface area contributed by atoms with E-state index in [9.17, 15) is 76.3 Å². The molecule has 6 rings (SSSR count). The summed E-state index contributed by atoms with van der Waals surface area (Å²) in [7, 11) is 0. The van der Waals surface area contributed by atoms with E-state index in [0.717, 1.165) is 0 Å². The van der Waals surface area contributed by atoms with Gasteiger partial charge >= 0.3 is 0 Å². The van der Waals surface area contributed by atoms with Gasteiger partial charge in [0.15, 0.2) is 29.5 Å². The molecule has 3 aromatic rings. The number of hydrogen-bond acceptors (Lipinski definition) is 22. The molecule has 14 N–H and O–H groups in total. The van der Waals surface area contributed by atoms with Crippen LogP contribution in [-0.4, -0.2) is 183 Å². The zero-order valence-electron chi connectivity index (χ0n) is 28.2. The highest BCUT2D eigenvalue weighted by atomic mass is 16.8. The van der Waals surface area contributed by atoms with Crippen LogP contribution in [0.15, 0.2) is 39.5 Å². The maximum Gasteiger partial charge on any atom is 0.239 e. The summed E-state index contributed by atoms with van der Waals surface area (Å²) in [5.74, 6) is -4.25. The largest absolute Gasteiger partial charge is 0.508 e. The molecule has 22 heteroatoms. The van der Waals surface area contributed by atoms with Crippen LogP contribution in [0.5, 0.6) is 28.7 Å². The first-order chi connectivity index (χ1) is 26.1. The van der Waals surface area contributed by atoms with Crippen LogP contribution in [-0.2, 0) is 18.9 Å². The van der Waals surface area contributed by atoms with Gasteiger partial charge in [-0.15, -0.1) is 0 Å². The van der Waals surface area contributed by atoms with Gasteiger partial charge in [-0.05, 0) is 24.3 Å². The van der Waals surface area contributed by atoms with E-state index in [0.29, 0.717) is 6.07 Å². The number of ether oxygens (including phenoxy) is 6. The molecule has 55 heavy (non-hydrogen) atoms. The van der Waals surface area contributed by atoms with Crippen LogP contribution in [0.1, 0.15) is 0 Å². The van der Waals surface area contributed by atoms with Crippen molar-refractivity contribution in [3.8, 4) is 40.1 Å². The van der Waals surface area contributed by atoms with Crippen LogP contribution in [0.4, 0.5) is 0 Å². The Bertz CT molecular complexity index is 1850. The maximum atomic E-state index is 14.4. The van der Waals surface area contributed by atoms with E-state index in [-0.39, 0.29) is 11.3 Å². The van der Waals surface area contributed by atoms with Crippen LogP contribution in [0.2, 0.25) is 0 Å². The maximum absolute atomic E-state index is 14.4. The summed E-state index contributed by atoms with van der Waals surface area (Å²) in [6.07, 6.45) is -27.9. The lowest BCUT2D eigenvalue weighted by Gasteiger charge is -2.45. The van der Waals surface area contributed by atoms with Crippen molar-refractivity contribution in [3.05, 3.63) is 40.6 Å². The molecule has 3 saturated heterocycles. The standard InChI is InChI=1S/C33H40O22/c34-6-13-17(40)21(44)24(47)31(49-13)53-27-12(39)5-11(38)16-20(43)29(26(52-28(16)27)9-1-3-10(37)4-2-9)54-33-30(23(46)19(42)15(8-36)51-33)55-32-25(48)22(45)18(41)14(7-35)50-32/h1-5,13-15,17-19,21-25,30-42,44-48H,6-8H2/t13-,14-,15-,17-,18-,19-,21+,22+,23+,24-,25-,30-,31-,32-,33-/m1/s1. The Labute approximate surface area is 307 Å². The van der Waals surface area contributed by atoms with Crippen molar-refractivity contribution in [2.75, 3.05) is 19.8 Å². The molecular formula is C33H40O22. The molecule has 3 aliphatic rings. The molecule has 0 spiro atoms. The SMILES string of the molecule is O=c1c(O[C@H]2O[C@H](CO)[C@@H](O)[C@H](O)[C@H]2O[C@H]2O[C@H](CO)[C@@H](O)[C@H](O)[C@H]2O)c(-c2ccc(O)cc2)oc2c(O[C@H]3O[C@H](CO)[C@@H](O)[C@H](O)[C@H]3O)c(O)cc(O)c12. The van der Waals surface area contributed by atoms with Crippen LogP contribution < -0.4 is 14.9 Å². The Morgan fingerprint density at radius 1 is 0.564 bits per heavy atom. The highest BCUT2D eigenvalue weighted by Crippen LogP contribution is 2.45. The summed E-state index contributed by atoms with van der Waals surface area (Å²) in [6.45, 7) is -2.64. The molecular weight excluding hydrogens is 748 g/mol. The van der Waals surface area contributed by atoms with Gasteiger partial charge in [0.05, 0.1) is 19.8 Å². The summed E-state index contributed by atoms with van der Waals surface area (Å²) in [5, 5.41) is 144. The monoisotopic (exact) mass is 788 g/mol. The second-order valence-electron chi connectivity index (χ2n) is 13.0. The lowest BCUT2D eigenvalue weighted by Crippen LogP contribution is -2.65. The molecule has 3 aliphatic heterocycles. The number of aromatic hydroxyl groups is 3. The molecule has 0 amide bonds. The van der Waals surface area contributed by atoms with E-state index >= 15 is 0 Å². The summed E-state index contributed by atoms with van der Waals surface area (Å²) in [5.41, 5.74) is -2.02. The molecule has 0 bridgehead atoms. The fourth-order valence-corrected chi connectivity index (χ4v) is 6.35. The van der Waals surface area contributed by atoms with Gasteiger partial charge in [0.1, 0.15) is 84.0 Å². The van der Waals surface area contributed by atoms with Gasteiger partial charge in [0.2, 0.25) is 29.5 Å². The van der Waals surface area contributed by atoms with Crippen molar-refractivity contribution < 1.29 is 104 Å². The zero-order valence-corrected chi connectivity index (χ0v) is 28.2. The molecule has 0 saturated carbocycles. The number of phenolic OH excluding ortho intramolecular Hbond substituents is 3. The highest BCUT2D eigenvalue weighted by Gasteiger charge is 2.52. The summed E-state index contributed by atoms with van der Waals surface area (Å²) >= 11 is 0. The first-order valence-corrected chi connectivity index (χ1v) is 16.7. The normalized spacial score (nSPS) is 36.8. The van der Waals surface area contributed by atoms with Crippen molar-refractivity contribution in [1.82, 2.24) is 0 Å². The van der Waals surface area contributed by atoms with E-state index in [1.165, 1.54) is 24.3 Å². The summed E-state index contributed by atoms with van der Waals surface area (Å²) in [6, 6.07) is 5.42. The first-order valence-electron chi connectivity index (χ1n) is 16.7. The molecule has 22 nitrogen and oxygen atoms in total. The molecule has 4 heterocycles. The summed E-state index contributed by atoms with van der Waals surface area (Å²) in [4.78, 5) is 14.4. The Hall–Kier alpha value is -3.95. The van der Waals surface area contributed by atoms with E-state index in [1.807, 2.05) is 0 Å². The fourth-order valence-electron chi connectivity index (χ4n) is 6.35.